The van der Waals surface area contributed by atoms with Crippen molar-refractivity contribution in [3.8, 4) is 0 Å². The summed E-state index contributed by atoms with van der Waals surface area (Å²) < 4.78 is 0. The fourth-order valence-corrected chi connectivity index (χ4v) is 1.79. The van der Waals surface area contributed by atoms with Crippen molar-refractivity contribution in [2.45, 2.75) is 0 Å². The van der Waals surface area contributed by atoms with E-state index in [0.29, 0.717) is 11.1 Å². The molecule has 0 aliphatic carbocycles. The SMILES string of the molecule is Cl.N/C(=N\N=C\c1cccc([N+](=O)[O-])c1)N/N=C/c1cccc([N+](=O)[O-])c1. The van der Waals surface area contributed by atoms with E-state index in [2.05, 4.69) is 20.7 Å². The van der Waals surface area contributed by atoms with Gasteiger partial charge in [0.15, 0.2) is 0 Å². The number of non-ortho nitro benzene ring substituents is 2. The van der Waals surface area contributed by atoms with E-state index in [1.165, 1.54) is 48.8 Å². The molecule has 0 aromatic heterocycles. The Morgan fingerprint density at radius 2 is 1.48 bits per heavy atom. The predicted molar refractivity (Wildman–Crippen MR) is 103 cm³/mol. The number of nitrogens with zero attached hydrogens (tertiary/aromatic N) is 5. The van der Waals surface area contributed by atoms with Gasteiger partial charge in [-0.1, -0.05) is 24.3 Å². The largest absolute Gasteiger partial charge is 0.367 e. The average molecular weight is 392 g/mol. The molecule has 2 aromatic rings. The van der Waals surface area contributed by atoms with E-state index in [-0.39, 0.29) is 29.7 Å². The predicted octanol–water partition coefficient (Wildman–Crippen LogP) is 2.20. The summed E-state index contributed by atoms with van der Waals surface area (Å²) >= 11 is 0. The number of hydrogen-bond donors (Lipinski definition) is 2. The third-order valence-electron chi connectivity index (χ3n) is 2.93. The Labute approximate surface area is 159 Å². The smallest absolute Gasteiger partial charge is 0.270 e. The molecule has 0 bridgehead atoms. The standard InChI is InChI=1S/C15H13N7O4.ClH/c16-15(19-17-9-11-3-1-5-13(7-11)21(23)24)20-18-10-12-4-2-6-14(8-12)22(25)26;/h1-10H,(H3,16,19,20);1H/b17-9+,18-10+;. The molecule has 2 aromatic carbocycles. The third-order valence-corrected chi connectivity index (χ3v) is 2.93. The molecule has 140 valence electrons. The van der Waals surface area contributed by atoms with Crippen molar-refractivity contribution in [2.24, 2.45) is 21.0 Å². The first-order chi connectivity index (χ1) is 12.5. The number of halogens is 1. The Balaban J connectivity index is 0.00000364. The van der Waals surface area contributed by atoms with Gasteiger partial charge in [-0.2, -0.15) is 10.2 Å². The van der Waals surface area contributed by atoms with Crippen molar-refractivity contribution < 1.29 is 9.85 Å². The van der Waals surface area contributed by atoms with Crippen LogP contribution >= 0.6 is 12.4 Å². The van der Waals surface area contributed by atoms with E-state index in [0.717, 1.165) is 0 Å². The van der Waals surface area contributed by atoms with Crippen LogP contribution in [0.15, 0.2) is 63.8 Å². The number of hydrazone groups is 1. The van der Waals surface area contributed by atoms with Crippen molar-refractivity contribution in [2.75, 3.05) is 0 Å². The lowest BCUT2D eigenvalue weighted by Gasteiger charge is -1.97. The first-order valence-electron chi connectivity index (χ1n) is 7.10. The van der Waals surface area contributed by atoms with Crippen molar-refractivity contribution in [3.63, 3.8) is 0 Å². The van der Waals surface area contributed by atoms with Gasteiger partial charge in [-0.05, 0) is 0 Å². The van der Waals surface area contributed by atoms with Crippen LogP contribution < -0.4 is 11.2 Å². The molecule has 0 amide bonds. The van der Waals surface area contributed by atoms with Crippen LogP contribution in [0.25, 0.3) is 0 Å². The van der Waals surface area contributed by atoms with Crippen LogP contribution in [0.1, 0.15) is 11.1 Å². The van der Waals surface area contributed by atoms with Crippen LogP contribution in [-0.2, 0) is 0 Å². The molecule has 0 unspecified atom stereocenters. The highest BCUT2D eigenvalue weighted by Gasteiger charge is 2.04. The van der Waals surface area contributed by atoms with E-state index in [1.807, 2.05) is 0 Å². The second-order valence-electron chi connectivity index (χ2n) is 4.80. The molecule has 0 fully saturated rings. The molecule has 12 heteroatoms. The molecule has 27 heavy (non-hydrogen) atoms. The maximum absolute atomic E-state index is 10.7. The van der Waals surface area contributed by atoms with Gasteiger partial charge in [0, 0.05) is 35.4 Å². The van der Waals surface area contributed by atoms with E-state index in [4.69, 9.17) is 5.73 Å². The number of benzene rings is 2. The molecule has 0 aliphatic heterocycles. The summed E-state index contributed by atoms with van der Waals surface area (Å²) in [5.74, 6) is -0.131. The van der Waals surface area contributed by atoms with Gasteiger partial charge in [-0.3, -0.25) is 20.2 Å². The molecule has 0 heterocycles. The van der Waals surface area contributed by atoms with Gasteiger partial charge in [0.1, 0.15) is 0 Å². The van der Waals surface area contributed by atoms with Crippen LogP contribution in [-0.4, -0.2) is 28.2 Å². The zero-order valence-corrected chi connectivity index (χ0v) is 14.4. The Hall–Kier alpha value is -3.86. The van der Waals surface area contributed by atoms with Crippen molar-refractivity contribution in [1.29, 1.82) is 0 Å². The summed E-state index contributed by atoms with van der Waals surface area (Å²) in [4.78, 5) is 20.3. The van der Waals surface area contributed by atoms with Gasteiger partial charge in [0.25, 0.3) is 11.4 Å². The summed E-state index contributed by atoms with van der Waals surface area (Å²) in [5, 5.41) is 32.5. The molecule has 0 saturated heterocycles. The Morgan fingerprint density at radius 3 is 2.00 bits per heavy atom. The van der Waals surface area contributed by atoms with E-state index in [9.17, 15) is 20.2 Å². The number of rotatable bonds is 6. The van der Waals surface area contributed by atoms with Crippen LogP contribution in [0.3, 0.4) is 0 Å². The molecule has 0 atom stereocenters. The summed E-state index contributed by atoms with van der Waals surface area (Å²) in [6.07, 6.45) is 2.63. The van der Waals surface area contributed by atoms with E-state index < -0.39 is 9.85 Å². The average Bonchev–Trinajstić information content (AvgIpc) is 2.62. The van der Waals surface area contributed by atoms with E-state index in [1.54, 1.807) is 12.1 Å². The molecule has 0 saturated carbocycles. The highest BCUT2D eigenvalue weighted by Crippen LogP contribution is 2.12. The molecule has 11 nitrogen and oxygen atoms in total. The van der Waals surface area contributed by atoms with Crippen molar-refractivity contribution >= 4 is 42.2 Å². The highest BCUT2D eigenvalue weighted by atomic mass is 35.5. The van der Waals surface area contributed by atoms with Crippen molar-refractivity contribution in [3.05, 3.63) is 79.9 Å². The fourth-order valence-electron chi connectivity index (χ4n) is 1.79. The molecule has 2 rings (SSSR count). The normalized spacial score (nSPS) is 11.3. The van der Waals surface area contributed by atoms with Crippen LogP contribution in [0.2, 0.25) is 0 Å². The number of nitro benzene ring substituents is 2. The molecular weight excluding hydrogens is 378 g/mol. The van der Waals surface area contributed by atoms with Gasteiger partial charge in [-0.25, -0.2) is 5.43 Å². The lowest BCUT2D eigenvalue weighted by molar-refractivity contribution is -0.385. The van der Waals surface area contributed by atoms with Crippen LogP contribution in [0.4, 0.5) is 11.4 Å². The number of nitrogens with one attached hydrogen (secondary N) is 1. The summed E-state index contributed by atoms with van der Waals surface area (Å²) in [6, 6.07) is 11.7. The molecule has 0 aliphatic rings. The third kappa shape index (κ3) is 6.88. The van der Waals surface area contributed by atoms with Gasteiger partial charge < -0.3 is 5.73 Å². The fraction of sp³-hybridized carbons (Fsp3) is 0. The lowest BCUT2D eigenvalue weighted by Crippen LogP contribution is -2.26. The maximum Gasteiger partial charge on any atom is 0.270 e. The first-order valence-corrected chi connectivity index (χ1v) is 7.10. The Morgan fingerprint density at radius 1 is 0.963 bits per heavy atom. The highest BCUT2D eigenvalue weighted by molar-refractivity contribution is 5.85. The van der Waals surface area contributed by atoms with E-state index >= 15 is 0 Å². The zero-order chi connectivity index (χ0) is 18.9. The second kappa shape index (κ2) is 10.2. The summed E-state index contributed by atoms with van der Waals surface area (Å²) in [6.45, 7) is 0. The monoisotopic (exact) mass is 391 g/mol. The summed E-state index contributed by atoms with van der Waals surface area (Å²) in [5.41, 5.74) is 8.81. The number of nitrogens with two attached hydrogens (primary N) is 1. The lowest BCUT2D eigenvalue weighted by atomic mass is 10.2. The number of nitro groups is 2. The number of guanidine groups is 1. The molecular formula is C15H14ClN7O4. The minimum Gasteiger partial charge on any atom is -0.367 e. The Bertz CT molecular complexity index is 915. The minimum absolute atomic E-state index is 0. The van der Waals surface area contributed by atoms with Gasteiger partial charge >= 0.3 is 0 Å². The van der Waals surface area contributed by atoms with Gasteiger partial charge in [0.2, 0.25) is 5.96 Å². The van der Waals surface area contributed by atoms with Crippen LogP contribution in [0, 0.1) is 20.2 Å². The Kier molecular flexibility index (Phi) is 8.01. The topological polar surface area (TPSA) is 161 Å². The minimum atomic E-state index is -0.515. The van der Waals surface area contributed by atoms with Gasteiger partial charge in [-0.15, -0.1) is 17.5 Å². The van der Waals surface area contributed by atoms with Crippen molar-refractivity contribution in [1.82, 2.24) is 5.43 Å². The second-order valence-corrected chi connectivity index (χ2v) is 4.80. The quantitative estimate of drug-likeness (QED) is 0.332. The molecule has 3 N–H and O–H groups in total. The molecule has 0 radical (unpaired) electrons. The zero-order valence-electron chi connectivity index (χ0n) is 13.6. The number of hydrogen-bond acceptors (Lipinski definition) is 7. The first kappa shape index (κ1) is 21.2. The maximum atomic E-state index is 10.7. The van der Waals surface area contributed by atoms with Crippen LogP contribution in [0.5, 0.6) is 0 Å². The summed E-state index contributed by atoms with van der Waals surface area (Å²) in [7, 11) is 0. The van der Waals surface area contributed by atoms with Gasteiger partial charge in [0.05, 0.1) is 22.3 Å². The molecule has 0 spiro atoms.